The highest BCUT2D eigenvalue weighted by Crippen LogP contribution is 2.36. The number of aliphatic carboxylic acids is 1. The highest BCUT2D eigenvalue weighted by Gasteiger charge is 2.28. The Labute approximate surface area is 201 Å². The summed E-state index contributed by atoms with van der Waals surface area (Å²) in [4.78, 5) is 36.9. The second-order valence-corrected chi connectivity index (χ2v) is 9.78. The van der Waals surface area contributed by atoms with Crippen molar-refractivity contribution in [1.82, 2.24) is 10.6 Å². The highest BCUT2D eigenvalue weighted by atomic mass is 32.2. The van der Waals surface area contributed by atoms with Gasteiger partial charge < -0.3 is 20.5 Å². The molecule has 2 aliphatic rings. The van der Waals surface area contributed by atoms with E-state index >= 15 is 0 Å². The molecular formula is C25H27FN2O5S. The van der Waals surface area contributed by atoms with Crippen LogP contribution in [0.4, 0.5) is 4.39 Å². The van der Waals surface area contributed by atoms with Crippen molar-refractivity contribution in [3.63, 3.8) is 0 Å². The molecule has 1 aliphatic carbocycles. The van der Waals surface area contributed by atoms with Gasteiger partial charge in [0.15, 0.2) is 0 Å². The molecule has 180 valence electrons. The molecule has 1 aliphatic heterocycles. The van der Waals surface area contributed by atoms with Gasteiger partial charge in [0.25, 0.3) is 5.91 Å². The topological polar surface area (TPSA) is 105 Å². The van der Waals surface area contributed by atoms with E-state index in [9.17, 15) is 18.8 Å². The minimum absolute atomic E-state index is 0.0829. The van der Waals surface area contributed by atoms with E-state index in [1.54, 1.807) is 0 Å². The van der Waals surface area contributed by atoms with Crippen LogP contribution in [0.1, 0.15) is 41.6 Å². The lowest BCUT2D eigenvalue weighted by atomic mass is 9.87. The van der Waals surface area contributed by atoms with Gasteiger partial charge in [0.2, 0.25) is 5.91 Å². The largest absolute Gasteiger partial charge is 0.490 e. The molecule has 1 fully saturated rings. The third-order valence-corrected chi connectivity index (χ3v) is 7.48. The first-order valence-corrected chi connectivity index (χ1v) is 12.3. The summed E-state index contributed by atoms with van der Waals surface area (Å²) in [6.45, 7) is 0.430. The Morgan fingerprint density at radius 3 is 2.47 bits per heavy atom. The fourth-order valence-electron chi connectivity index (χ4n) is 4.27. The molecule has 3 N–H and O–H groups in total. The third kappa shape index (κ3) is 5.88. The van der Waals surface area contributed by atoms with E-state index in [0.717, 1.165) is 10.5 Å². The lowest BCUT2D eigenvalue weighted by Crippen LogP contribution is -2.38. The number of nitrogens with one attached hydrogen (secondary N) is 2. The van der Waals surface area contributed by atoms with E-state index in [0.29, 0.717) is 37.9 Å². The number of ether oxygens (including phenoxy) is 1. The molecule has 7 nitrogen and oxygen atoms in total. The van der Waals surface area contributed by atoms with Crippen molar-refractivity contribution in [3.8, 4) is 5.75 Å². The Kier molecular flexibility index (Phi) is 7.72. The van der Waals surface area contributed by atoms with Crippen LogP contribution in [0.5, 0.6) is 5.75 Å². The van der Waals surface area contributed by atoms with Crippen molar-refractivity contribution in [2.45, 2.75) is 48.4 Å². The van der Waals surface area contributed by atoms with E-state index in [1.165, 1.54) is 30.0 Å². The van der Waals surface area contributed by atoms with E-state index in [2.05, 4.69) is 10.6 Å². The van der Waals surface area contributed by atoms with Gasteiger partial charge in [0, 0.05) is 24.1 Å². The molecule has 2 aromatic rings. The van der Waals surface area contributed by atoms with Crippen LogP contribution < -0.4 is 15.4 Å². The average molecular weight is 487 g/mol. The summed E-state index contributed by atoms with van der Waals surface area (Å²) in [5.41, 5.74) is 1.06. The predicted molar refractivity (Wildman–Crippen MR) is 126 cm³/mol. The van der Waals surface area contributed by atoms with Crippen LogP contribution in [0.2, 0.25) is 0 Å². The van der Waals surface area contributed by atoms with Gasteiger partial charge in [0.05, 0.1) is 22.8 Å². The van der Waals surface area contributed by atoms with Gasteiger partial charge in [-0.2, -0.15) is 0 Å². The Morgan fingerprint density at radius 2 is 1.76 bits per heavy atom. The first-order valence-electron chi connectivity index (χ1n) is 11.4. The van der Waals surface area contributed by atoms with Gasteiger partial charge >= 0.3 is 5.97 Å². The molecule has 0 aromatic heterocycles. The molecule has 34 heavy (non-hydrogen) atoms. The maximum atomic E-state index is 14.5. The summed E-state index contributed by atoms with van der Waals surface area (Å²) in [5.74, 6) is -2.17. The minimum atomic E-state index is -0.789. The summed E-state index contributed by atoms with van der Waals surface area (Å²) in [6.07, 6.45) is 2.78. The molecule has 1 atom stereocenters. The zero-order valence-corrected chi connectivity index (χ0v) is 19.4. The average Bonchev–Trinajstić information content (AvgIpc) is 3.26. The molecule has 0 bridgehead atoms. The maximum absolute atomic E-state index is 14.5. The molecule has 1 heterocycles. The van der Waals surface area contributed by atoms with Gasteiger partial charge in [0.1, 0.15) is 11.6 Å². The summed E-state index contributed by atoms with van der Waals surface area (Å²) >= 11 is 1.54. The SMILES string of the molecule is O=C(NCCNC(=O)C1Cc2ccccc2S1)c1ccc(OC2CCC(C(=O)O)CC2)cc1F. The number of hydrogen-bond acceptors (Lipinski definition) is 5. The molecule has 0 saturated heterocycles. The number of carboxylic acid groups (broad SMARTS) is 1. The van der Waals surface area contributed by atoms with Gasteiger partial charge in [-0.15, -0.1) is 11.8 Å². The Hall–Kier alpha value is -3.07. The minimum Gasteiger partial charge on any atom is -0.490 e. The van der Waals surface area contributed by atoms with E-state index in [-0.39, 0.29) is 41.8 Å². The van der Waals surface area contributed by atoms with Gasteiger partial charge in [-0.1, -0.05) is 18.2 Å². The van der Waals surface area contributed by atoms with Crippen molar-refractivity contribution in [2.75, 3.05) is 13.1 Å². The Balaban J connectivity index is 1.19. The number of hydrogen-bond donors (Lipinski definition) is 3. The van der Waals surface area contributed by atoms with Crippen LogP contribution in [0.25, 0.3) is 0 Å². The van der Waals surface area contributed by atoms with Crippen molar-refractivity contribution in [1.29, 1.82) is 0 Å². The number of thioether (sulfide) groups is 1. The summed E-state index contributed by atoms with van der Waals surface area (Å²) in [6, 6.07) is 12.0. The number of rotatable bonds is 8. The molecule has 2 aromatic carbocycles. The molecule has 1 unspecified atom stereocenters. The molecule has 4 rings (SSSR count). The lowest BCUT2D eigenvalue weighted by molar-refractivity contribution is -0.143. The fourth-order valence-corrected chi connectivity index (χ4v) is 5.49. The number of fused-ring (bicyclic) bond motifs is 1. The number of carbonyl (C=O) groups excluding carboxylic acids is 2. The normalized spacial score (nSPS) is 21.4. The number of carbonyl (C=O) groups is 3. The molecule has 2 amide bonds. The number of halogens is 1. The van der Waals surface area contributed by atoms with Crippen LogP contribution in [-0.2, 0) is 16.0 Å². The molecule has 9 heteroatoms. The van der Waals surface area contributed by atoms with Crippen LogP contribution in [0.3, 0.4) is 0 Å². The molecular weight excluding hydrogens is 459 g/mol. The third-order valence-electron chi connectivity index (χ3n) is 6.16. The first-order chi connectivity index (χ1) is 16.4. The zero-order valence-electron chi connectivity index (χ0n) is 18.6. The predicted octanol–water partition coefficient (Wildman–Crippen LogP) is 3.41. The van der Waals surface area contributed by atoms with Gasteiger partial charge in [-0.05, 0) is 55.9 Å². The Morgan fingerprint density at radius 1 is 1.03 bits per heavy atom. The molecule has 0 radical (unpaired) electrons. The standard InChI is InChI=1S/C25H27FN2O5S/c26-20-14-18(33-17-7-5-15(6-8-17)25(31)32)9-10-19(20)23(29)27-11-12-28-24(30)22-13-16-3-1-2-4-21(16)34-22/h1-4,9-10,14-15,17,22H,5-8,11-13H2,(H,27,29)(H,28,30)(H,31,32). The van der Waals surface area contributed by atoms with Crippen molar-refractivity contribution < 1.29 is 28.6 Å². The van der Waals surface area contributed by atoms with Crippen LogP contribution >= 0.6 is 11.8 Å². The van der Waals surface area contributed by atoms with E-state index < -0.39 is 17.7 Å². The number of carboxylic acids is 1. The summed E-state index contributed by atoms with van der Waals surface area (Å²) in [5, 5.41) is 14.3. The van der Waals surface area contributed by atoms with Crippen LogP contribution in [0.15, 0.2) is 47.4 Å². The first kappa shape index (κ1) is 24.1. The smallest absolute Gasteiger partial charge is 0.306 e. The molecule has 1 saturated carbocycles. The molecule has 0 spiro atoms. The van der Waals surface area contributed by atoms with Crippen LogP contribution in [0, 0.1) is 11.7 Å². The highest BCUT2D eigenvalue weighted by molar-refractivity contribution is 8.01. The van der Waals surface area contributed by atoms with Crippen molar-refractivity contribution in [3.05, 3.63) is 59.4 Å². The van der Waals surface area contributed by atoms with Gasteiger partial charge in [-0.25, -0.2) is 4.39 Å². The zero-order chi connectivity index (χ0) is 24.1. The second kappa shape index (κ2) is 10.9. The summed E-state index contributed by atoms with van der Waals surface area (Å²) in [7, 11) is 0. The van der Waals surface area contributed by atoms with Crippen molar-refractivity contribution >= 4 is 29.5 Å². The monoisotopic (exact) mass is 486 g/mol. The fraction of sp³-hybridized carbons (Fsp3) is 0.400. The number of benzene rings is 2. The maximum Gasteiger partial charge on any atom is 0.306 e. The van der Waals surface area contributed by atoms with Crippen molar-refractivity contribution in [2.24, 2.45) is 5.92 Å². The van der Waals surface area contributed by atoms with E-state index in [1.807, 2.05) is 24.3 Å². The van der Waals surface area contributed by atoms with Crippen LogP contribution in [-0.4, -0.2) is 47.3 Å². The second-order valence-electron chi connectivity index (χ2n) is 8.54. The Bertz CT molecular complexity index is 1050. The van der Waals surface area contributed by atoms with E-state index in [4.69, 9.17) is 9.84 Å². The quantitative estimate of drug-likeness (QED) is 0.494. The summed E-state index contributed by atoms with van der Waals surface area (Å²) < 4.78 is 20.3. The lowest BCUT2D eigenvalue weighted by Gasteiger charge is -2.26. The number of amides is 2. The van der Waals surface area contributed by atoms with Gasteiger partial charge in [-0.3, -0.25) is 14.4 Å².